The van der Waals surface area contributed by atoms with E-state index in [2.05, 4.69) is 4.90 Å². The molecule has 1 aliphatic carbocycles. The van der Waals surface area contributed by atoms with Crippen LogP contribution in [-0.2, 0) is 0 Å². The molecule has 94 valence electrons. The van der Waals surface area contributed by atoms with Gasteiger partial charge in [0.25, 0.3) is 0 Å². The van der Waals surface area contributed by atoms with Crippen LogP contribution in [0.3, 0.4) is 0 Å². The van der Waals surface area contributed by atoms with E-state index < -0.39 is 0 Å². The van der Waals surface area contributed by atoms with Crippen LogP contribution in [0, 0.1) is 15.3 Å². The van der Waals surface area contributed by atoms with Gasteiger partial charge in [-0.1, -0.05) is 12.8 Å². The molecule has 0 heterocycles. The Hall–Kier alpha value is -0.520. The molecular weight excluding hydrogens is 330 g/mol. The minimum atomic E-state index is -0.187. The lowest BCUT2D eigenvalue weighted by Crippen LogP contribution is -2.25. The Labute approximate surface area is 116 Å². The number of nitrogens with zero attached hydrogens (tertiary/aromatic N) is 1. The minimum Gasteiger partial charge on any atom is -0.397 e. The lowest BCUT2D eigenvalue weighted by Gasteiger charge is -2.24. The maximum atomic E-state index is 13.5. The zero-order valence-electron chi connectivity index (χ0n) is 10.0. The van der Waals surface area contributed by atoms with Gasteiger partial charge in [-0.3, -0.25) is 0 Å². The summed E-state index contributed by atoms with van der Waals surface area (Å²) in [5, 5.41) is 0. The second kappa shape index (κ2) is 5.42. The van der Waals surface area contributed by atoms with Crippen LogP contribution >= 0.6 is 22.6 Å². The molecule has 2 nitrogen and oxygen atoms in total. The van der Waals surface area contributed by atoms with E-state index in [9.17, 15) is 4.39 Å². The second-order valence-electron chi connectivity index (χ2n) is 4.86. The monoisotopic (exact) mass is 348 g/mol. The lowest BCUT2D eigenvalue weighted by atomic mass is 10.1. The zero-order valence-corrected chi connectivity index (χ0v) is 12.2. The topological polar surface area (TPSA) is 29.3 Å². The highest BCUT2D eigenvalue weighted by Gasteiger charge is 2.18. The quantitative estimate of drug-likeness (QED) is 0.668. The number of hydrogen-bond donors (Lipinski definition) is 1. The van der Waals surface area contributed by atoms with Crippen LogP contribution in [0.1, 0.15) is 25.7 Å². The van der Waals surface area contributed by atoms with Crippen LogP contribution in [0.5, 0.6) is 0 Å². The molecule has 1 aromatic carbocycles. The Morgan fingerprint density at radius 3 is 2.71 bits per heavy atom. The van der Waals surface area contributed by atoms with E-state index in [-0.39, 0.29) is 5.82 Å². The Morgan fingerprint density at radius 1 is 1.41 bits per heavy atom. The van der Waals surface area contributed by atoms with Gasteiger partial charge in [0.05, 0.1) is 14.9 Å². The van der Waals surface area contributed by atoms with Crippen LogP contribution in [0.15, 0.2) is 12.1 Å². The molecule has 17 heavy (non-hydrogen) atoms. The summed E-state index contributed by atoms with van der Waals surface area (Å²) in [5.74, 6) is 0.551. The SMILES string of the molecule is CN(CC1CCCC1)c1cc(F)c(I)cc1N. The molecule has 1 saturated carbocycles. The summed E-state index contributed by atoms with van der Waals surface area (Å²) in [4.78, 5) is 2.09. The third kappa shape index (κ3) is 3.03. The number of nitrogens with two attached hydrogens (primary N) is 1. The van der Waals surface area contributed by atoms with E-state index in [4.69, 9.17) is 5.73 Å². The van der Waals surface area contributed by atoms with Crippen molar-refractivity contribution in [3.63, 3.8) is 0 Å². The molecule has 0 saturated heterocycles. The first-order valence-corrected chi connectivity index (χ1v) is 7.11. The summed E-state index contributed by atoms with van der Waals surface area (Å²) in [7, 11) is 2.00. The molecule has 0 unspecified atom stereocenters. The third-order valence-corrected chi connectivity index (χ3v) is 4.31. The summed E-state index contributed by atoms with van der Waals surface area (Å²) >= 11 is 1.97. The van der Waals surface area contributed by atoms with E-state index in [1.165, 1.54) is 25.7 Å². The largest absolute Gasteiger partial charge is 0.397 e. The van der Waals surface area contributed by atoms with E-state index in [0.29, 0.717) is 9.26 Å². The van der Waals surface area contributed by atoms with Gasteiger partial charge in [0.15, 0.2) is 0 Å². The minimum absolute atomic E-state index is 0.187. The van der Waals surface area contributed by atoms with Crippen LogP contribution in [0.25, 0.3) is 0 Å². The Morgan fingerprint density at radius 2 is 2.06 bits per heavy atom. The fourth-order valence-corrected chi connectivity index (χ4v) is 3.05. The normalized spacial score (nSPS) is 16.4. The van der Waals surface area contributed by atoms with Crippen LogP contribution in [0.4, 0.5) is 15.8 Å². The van der Waals surface area contributed by atoms with Crippen molar-refractivity contribution in [2.45, 2.75) is 25.7 Å². The fourth-order valence-electron chi connectivity index (χ4n) is 2.56. The molecule has 2 N–H and O–H groups in total. The molecule has 0 aliphatic heterocycles. The molecule has 0 aromatic heterocycles. The van der Waals surface area contributed by atoms with Crippen molar-refractivity contribution in [2.75, 3.05) is 24.2 Å². The van der Waals surface area contributed by atoms with Crippen LogP contribution < -0.4 is 10.6 Å². The number of nitrogen functional groups attached to an aromatic ring is 1. The standard InChI is InChI=1S/C13H18FIN2/c1-17(8-9-4-2-3-5-9)13-6-10(14)11(15)7-12(13)16/h6-7,9H,2-5,8,16H2,1H3. The maximum absolute atomic E-state index is 13.5. The lowest BCUT2D eigenvalue weighted by molar-refractivity contribution is 0.546. The van der Waals surface area contributed by atoms with Gasteiger partial charge < -0.3 is 10.6 Å². The van der Waals surface area contributed by atoms with Crippen LogP contribution in [-0.4, -0.2) is 13.6 Å². The van der Waals surface area contributed by atoms with Gasteiger partial charge >= 0.3 is 0 Å². The van der Waals surface area contributed by atoms with Crippen molar-refractivity contribution in [2.24, 2.45) is 5.92 Å². The van der Waals surface area contributed by atoms with Crippen molar-refractivity contribution in [3.05, 3.63) is 21.5 Å². The van der Waals surface area contributed by atoms with E-state index in [1.54, 1.807) is 12.1 Å². The first kappa shape index (κ1) is 12.9. The van der Waals surface area contributed by atoms with Crippen molar-refractivity contribution in [3.8, 4) is 0 Å². The van der Waals surface area contributed by atoms with Gasteiger partial charge in [0.1, 0.15) is 5.82 Å². The molecule has 0 radical (unpaired) electrons. The van der Waals surface area contributed by atoms with E-state index >= 15 is 0 Å². The smallest absolute Gasteiger partial charge is 0.138 e. The summed E-state index contributed by atoms with van der Waals surface area (Å²) in [6.45, 7) is 0.976. The molecule has 1 aliphatic rings. The first-order chi connectivity index (χ1) is 8.08. The zero-order chi connectivity index (χ0) is 12.4. The van der Waals surface area contributed by atoms with Gasteiger partial charge in [-0.15, -0.1) is 0 Å². The molecule has 1 aromatic rings. The first-order valence-electron chi connectivity index (χ1n) is 6.03. The highest BCUT2D eigenvalue weighted by Crippen LogP contribution is 2.30. The highest BCUT2D eigenvalue weighted by molar-refractivity contribution is 14.1. The van der Waals surface area contributed by atoms with Gasteiger partial charge in [-0.25, -0.2) is 4.39 Å². The molecule has 2 rings (SSSR count). The van der Waals surface area contributed by atoms with Crippen LogP contribution in [0.2, 0.25) is 0 Å². The Kier molecular flexibility index (Phi) is 4.12. The van der Waals surface area contributed by atoms with Gasteiger partial charge in [0, 0.05) is 19.7 Å². The molecule has 0 atom stereocenters. The van der Waals surface area contributed by atoms with Gasteiger partial charge in [-0.2, -0.15) is 0 Å². The fraction of sp³-hybridized carbons (Fsp3) is 0.538. The maximum Gasteiger partial charge on any atom is 0.138 e. The molecule has 0 spiro atoms. The van der Waals surface area contributed by atoms with Gasteiger partial charge in [-0.05, 0) is 47.4 Å². The molecular formula is C13H18FIN2. The molecule has 1 fully saturated rings. The number of rotatable bonds is 3. The number of benzene rings is 1. The number of anilines is 2. The predicted octanol–water partition coefficient (Wildman–Crippen LogP) is 3.64. The van der Waals surface area contributed by atoms with Crippen molar-refractivity contribution < 1.29 is 4.39 Å². The summed E-state index contributed by atoms with van der Waals surface area (Å²) in [6.07, 6.45) is 5.23. The Bertz CT molecular complexity index is 403. The molecule has 4 heteroatoms. The summed E-state index contributed by atoms with van der Waals surface area (Å²) in [5.41, 5.74) is 7.43. The number of halogens is 2. The summed E-state index contributed by atoms with van der Waals surface area (Å²) < 4.78 is 14.1. The second-order valence-corrected chi connectivity index (χ2v) is 6.02. The summed E-state index contributed by atoms with van der Waals surface area (Å²) in [6, 6.07) is 3.25. The average molecular weight is 348 g/mol. The highest BCUT2D eigenvalue weighted by atomic mass is 127. The predicted molar refractivity (Wildman–Crippen MR) is 78.8 cm³/mol. The number of hydrogen-bond acceptors (Lipinski definition) is 2. The van der Waals surface area contributed by atoms with E-state index in [1.807, 2.05) is 29.6 Å². The van der Waals surface area contributed by atoms with E-state index in [0.717, 1.165) is 18.2 Å². The average Bonchev–Trinajstić information content (AvgIpc) is 2.76. The van der Waals surface area contributed by atoms with Crippen molar-refractivity contribution in [1.29, 1.82) is 0 Å². The van der Waals surface area contributed by atoms with Crippen molar-refractivity contribution >= 4 is 34.0 Å². The Balaban J connectivity index is 2.12. The van der Waals surface area contributed by atoms with Gasteiger partial charge in [0.2, 0.25) is 0 Å². The van der Waals surface area contributed by atoms with Crippen molar-refractivity contribution in [1.82, 2.24) is 0 Å². The molecule has 0 amide bonds. The molecule has 0 bridgehead atoms. The third-order valence-electron chi connectivity index (χ3n) is 3.49.